The molecular weight excluding hydrogens is 558 g/mol. The molecule has 1 atom stereocenters. The van der Waals surface area contributed by atoms with Gasteiger partial charge >= 0.3 is 6.18 Å². The maximum absolute atomic E-state index is 15.6. The second-order valence-electron chi connectivity index (χ2n) is 11.0. The summed E-state index contributed by atoms with van der Waals surface area (Å²) in [5.41, 5.74) is -3.18. The summed E-state index contributed by atoms with van der Waals surface area (Å²) in [6, 6.07) is 2.96. The molecule has 0 unspecified atom stereocenters. The van der Waals surface area contributed by atoms with E-state index in [0.717, 1.165) is 0 Å². The first-order chi connectivity index (χ1) is 19.8. The zero-order chi connectivity index (χ0) is 30.2. The highest BCUT2D eigenvalue weighted by Crippen LogP contribution is 2.36. The van der Waals surface area contributed by atoms with E-state index in [2.05, 4.69) is 25.6 Å². The number of amides is 1. The number of piperazine rings is 1. The molecule has 2 fully saturated rings. The number of alkyl halides is 3. The predicted molar refractivity (Wildman–Crippen MR) is 149 cm³/mol. The number of hydrogen-bond acceptors (Lipinski definition) is 8. The Morgan fingerprint density at radius 2 is 1.81 bits per heavy atom. The van der Waals surface area contributed by atoms with E-state index < -0.39 is 40.2 Å². The van der Waals surface area contributed by atoms with Gasteiger partial charge in [0.25, 0.3) is 5.91 Å². The number of pyridine rings is 1. The van der Waals surface area contributed by atoms with E-state index in [1.807, 2.05) is 16.7 Å². The van der Waals surface area contributed by atoms with Gasteiger partial charge in [-0.3, -0.25) is 9.59 Å². The summed E-state index contributed by atoms with van der Waals surface area (Å²) in [4.78, 5) is 39.4. The standard InChI is InChI=1S/C28H31F4N7O3/c1-16-15-39(8-5-33-16)23-11-21(29)18(17-12-35-26(36-13-17)38-6-3-27(2,42)4-7-38)9-22(23)37-25(41)19-14-34-24(40)10-20(19)28(30,31)32/h9-14,16,33,42H,3-8,15H2,1-2H3,(H,34,40)(H,37,41)/t16-/m0/s1. The number of carbonyl (C=O) groups excluding carboxylic acids is 1. The molecule has 0 bridgehead atoms. The van der Waals surface area contributed by atoms with Crippen molar-refractivity contribution in [1.29, 1.82) is 0 Å². The number of aromatic amines is 1. The van der Waals surface area contributed by atoms with E-state index in [0.29, 0.717) is 75.0 Å². The van der Waals surface area contributed by atoms with Crippen LogP contribution >= 0.6 is 0 Å². The van der Waals surface area contributed by atoms with Crippen LogP contribution in [0.2, 0.25) is 0 Å². The van der Waals surface area contributed by atoms with E-state index in [1.54, 1.807) is 6.92 Å². The third kappa shape index (κ3) is 6.39. The fourth-order valence-corrected chi connectivity index (χ4v) is 5.19. The molecule has 2 saturated heterocycles. The molecule has 2 aromatic heterocycles. The molecule has 4 N–H and O–H groups in total. The molecule has 14 heteroatoms. The highest BCUT2D eigenvalue weighted by Gasteiger charge is 2.36. The van der Waals surface area contributed by atoms with Crippen LogP contribution in [0.3, 0.4) is 0 Å². The smallest absolute Gasteiger partial charge is 0.390 e. The Morgan fingerprint density at radius 3 is 2.45 bits per heavy atom. The lowest BCUT2D eigenvalue weighted by Gasteiger charge is -2.35. The highest BCUT2D eigenvalue weighted by atomic mass is 19.4. The Hall–Kier alpha value is -4.04. The van der Waals surface area contributed by atoms with Gasteiger partial charge in [0.05, 0.1) is 28.1 Å². The summed E-state index contributed by atoms with van der Waals surface area (Å²) in [7, 11) is 0. The van der Waals surface area contributed by atoms with Crippen molar-refractivity contribution in [3.05, 3.63) is 64.1 Å². The Labute approximate surface area is 238 Å². The second-order valence-corrected chi connectivity index (χ2v) is 11.0. The predicted octanol–water partition coefficient (Wildman–Crippen LogP) is 3.39. The Bertz CT molecular complexity index is 1520. The number of nitrogens with zero attached hydrogens (tertiary/aromatic N) is 4. The molecule has 0 saturated carbocycles. The van der Waals surface area contributed by atoms with Crippen LogP contribution in [0.1, 0.15) is 42.6 Å². The third-order valence-electron chi connectivity index (χ3n) is 7.59. The molecule has 5 rings (SSSR count). The first-order valence-corrected chi connectivity index (χ1v) is 13.5. The molecule has 42 heavy (non-hydrogen) atoms. The lowest BCUT2D eigenvalue weighted by Crippen LogP contribution is -2.49. The van der Waals surface area contributed by atoms with Gasteiger partial charge in [0.15, 0.2) is 0 Å². The Morgan fingerprint density at radius 1 is 1.12 bits per heavy atom. The zero-order valence-corrected chi connectivity index (χ0v) is 23.1. The first kappa shape index (κ1) is 29.5. The molecule has 1 amide bonds. The number of H-pyrrole nitrogens is 1. The molecule has 2 aliphatic heterocycles. The van der Waals surface area contributed by atoms with Crippen LogP contribution in [0.5, 0.6) is 0 Å². The summed E-state index contributed by atoms with van der Waals surface area (Å²) >= 11 is 0. The largest absolute Gasteiger partial charge is 0.417 e. The molecule has 0 aliphatic carbocycles. The molecule has 2 aliphatic rings. The molecule has 3 aromatic rings. The monoisotopic (exact) mass is 589 g/mol. The number of hydrogen-bond donors (Lipinski definition) is 4. The van der Waals surface area contributed by atoms with Crippen molar-refractivity contribution in [1.82, 2.24) is 20.3 Å². The molecule has 0 radical (unpaired) electrons. The van der Waals surface area contributed by atoms with Gasteiger partial charge in [-0.15, -0.1) is 0 Å². The molecule has 0 spiro atoms. The number of nitrogens with one attached hydrogen (secondary N) is 3. The van der Waals surface area contributed by atoms with Crippen molar-refractivity contribution in [2.24, 2.45) is 0 Å². The topological polar surface area (TPSA) is 126 Å². The van der Waals surface area contributed by atoms with Crippen molar-refractivity contribution in [2.45, 2.75) is 44.5 Å². The summed E-state index contributed by atoms with van der Waals surface area (Å²) < 4.78 is 56.6. The van der Waals surface area contributed by atoms with Crippen molar-refractivity contribution in [3.63, 3.8) is 0 Å². The fraction of sp³-hybridized carbons (Fsp3) is 0.429. The molecule has 1 aromatic carbocycles. The van der Waals surface area contributed by atoms with Gasteiger partial charge in [0.2, 0.25) is 11.5 Å². The van der Waals surface area contributed by atoms with Gasteiger partial charge in [-0.2, -0.15) is 13.2 Å². The number of rotatable bonds is 5. The van der Waals surface area contributed by atoms with Gasteiger partial charge < -0.3 is 30.5 Å². The molecule has 10 nitrogen and oxygen atoms in total. The summed E-state index contributed by atoms with van der Waals surface area (Å²) in [6.07, 6.45) is -0.260. The van der Waals surface area contributed by atoms with Crippen molar-refractivity contribution in [2.75, 3.05) is 47.8 Å². The Kier molecular flexibility index (Phi) is 7.94. The number of benzene rings is 1. The minimum atomic E-state index is -4.95. The number of halogens is 4. The van der Waals surface area contributed by atoms with Crippen LogP contribution in [0, 0.1) is 5.82 Å². The maximum atomic E-state index is 15.6. The van der Waals surface area contributed by atoms with Crippen molar-refractivity contribution >= 4 is 23.2 Å². The maximum Gasteiger partial charge on any atom is 0.417 e. The fourth-order valence-electron chi connectivity index (χ4n) is 5.19. The Balaban J connectivity index is 1.50. The normalized spacial score (nSPS) is 19.1. The molecule has 224 valence electrons. The number of anilines is 3. The minimum Gasteiger partial charge on any atom is -0.390 e. The van der Waals surface area contributed by atoms with Crippen LogP contribution in [0.25, 0.3) is 11.1 Å². The number of piperidine rings is 1. The third-order valence-corrected chi connectivity index (χ3v) is 7.59. The van der Waals surface area contributed by atoms with E-state index in [4.69, 9.17) is 0 Å². The van der Waals surface area contributed by atoms with Crippen LogP contribution in [0.4, 0.5) is 34.9 Å². The minimum absolute atomic E-state index is 0.0421. The van der Waals surface area contributed by atoms with Crippen LogP contribution in [-0.2, 0) is 6.18 Å². The first-order valence-electron chi connectivity index (χ1n) is 13.5. The summed E-state index contributed by atoms with van der Waals surface area (Å²) in [5, 5.41) is 16.0. The van der Waals surface area contributed by atoms with Crippen molar-refractivity contribution < 1.29 is 27.5 Å². The number of aromatic nitrogens is 3. The van der Waals surface area contributed by atoms with Gasteiger partial charge in [-0.1, -0.05) is 0 Å². The van der Waals surface area contributed by atoms with Gasteiger partial charge in [-0.25, -0.2) is 14.4 Å². The lowest BCUT2D eigenvalue weighted by molar-refractivity contribution is -0.138. The quantitative estimate of drug-likeness (QED) is 0.334. The van der Waals surface area contributed by atoms with E-state index in [1.165, 1.54) is 24.5 Å². The van der Waals surface area contributed by atoms with Crippen LogP contribution in [0.15, 0.2) is 41.6 Å². The van der Waals surface area contributed by atoms with E-state index >= 15 is 4.39 Å². The van der Waals surface area contributed by atoms with E-state index in [9.17, 15) is 27.9 Å². The SMILES string of the molecule is C[C@H]1CN(c2cc(F)c(-c3cnc(N4CCC(C)(O)CC4)nc3)cc2NC(=O)c2c[nH]c(=O)cc2C(F)(F)F)CCN1. The average molecular weight is 590 g/mol. The second kappa shape index (κ2) is 11.3. The molecule has 4 heterocycles. The summed E-state index contributed by atoms with van der Waals surface area (Å²) in [6.45, 7) is 6.34. The van der Waals surface area contributed by atoms with Crippen LogP contribution < -0.4 is 26.0 Å². The lowest BCUT2D eigenvalue weighted by atomic mass is 9.94. The van der Waals surface area contributed by atoms with E-state index in [-0.39, 0.29) is 17.3 Å². The van der Waals surface area contributed by atoms with Gasteiger partial charge in [0.1, 0.15) is 5.82 Å². The average Bonchev–Trinajstić information content (AvgIpc) is 2.93. The van der Waals surface area contributed by atoms with Crippen molar-refractivity contribution in [3.8, 4) is 11.1 Å². The summed E-state index contributed by atoms with van der Waals surface area (Å²) in [5.74, 6) is -1.32. The zero-order valence-electron chi connectivity index (χ0n) is 23.1. The van der Waals surface area contributed by atoms with Gasteiger partial charge in [0, 0.05) is 74.5 Å². The van der Waals surface area contributed by atoms with Crippen LogP contribution in [-0.4, -0.2) is 70.3 Å². The van der Waals surface area contributed by atoms with Gasteiger partial charge in [-0.05, 0) is 38.8 Å². The number of carbonyl (C=O) groups is 1. The molecular formula is C28H31F4N7O3. The number of aliphatic hydroxyl groups is 1. The highest BCUT2D eigenvalue weighted by molar-refractivity contribution is 6.07.